The van der Waals surface area contributed by atoms with E-state index in [-0.39, 0.29) is 6.03 Å². The number of anilines is 1. The van der Waals surface area contributed by atoms with Crippen molar-refractivity contribution in [2.24, 2.45) is 0 Å². The third-order valence-electron chi connectivity index (χ3n) is 1.87. The first-order chi connectivity index (χ1) is 5.77. The van der Waals surface area contributed by atoms with Crippen molar-refractivity contribution in [1.82, 2.24) is 9.88 Å². The van der Waals surface area contributed by atoms with Crippen molar-refractivity contribution in [3.63, 3.8) is 0 Å². The normalized spacial score (nSPS) is 15.4. The Kier molecular flexibility index (Phi) is 1.46. The average Bonchev–Trinajstić information content (AvgIpc) is 2.07. The first-order valence-corrected chi connectivity index (χ1v) is 3.73. The van der Waals surface area contributed by atoms with Crippen LogP contribution in [-0.2, 0) is 6.54 Å². The van der Waals surface area contributed by atoms with Crippen molar-refractivity contribution >= 4 is 11.7 Å². The molecule has 0 bridgehead atoms. The fourth-order valence-corrected chi connectivity index (χ4v) is 1.18. The first-order valence-electron chi connectivity index (χ1n) is 3.73. The summed E-state index contributed by atoms with van der Waals surface area (Å²) in [6, 6.07) is 3.59. The van der Waals surface area contributed by atoms with E-state index in [9.17, 15) is 4.79 Å². The molecule has 1 aromatic heterocycles. The topological polar surface area (TPSA) is 45.2 Å². The maximum absolute atomic E-state index is 11.1. The van der Waals surface area contributed by atoms with Crippen LogP contribution in [0.5, 0.6) is 0 Å². The average molecular weight is 163 g/mol. The number of amides is 2. The lowest BCUT2D eigenvalue weighted by Crippen LogP contribution is -2.35. The van der Waals surface area contributed by atoms with Crippen molar-refractivity contribution in [3.05, 3.63) is 24.0 Å². The Morgan fingerprint density at radius 1 is 1.67 bits per heavy atom. The standard InChI is InChI=1S/C8H9N3O/c1-11-5-7-6(10-8(11)12)3-2-4-9-7/h2-4H,5H2,1H3,(H,10,12). The highest BCUT2D eigenvalue weighted by Gasteiger charge is 2.18. The lowest BCUT2D eigenvalue weighted by Gasteiger charge is -2.24. The second-order valence-electron chi connectivity index (χ2n) is 2.78. The molecule has 12 heavy (non-hydrogen) atoms. The molecule has 0 spiro atoms. The summed E-state index contributed by atoms with van der Waals surface area (Å²) in [5.41, 5.74) is 1.74. The van der Waals surface area contributed by atoms with Crippen LogP contribution < -0.4 is 5.32 Å². The van der Waals surface area contributed by atoms with E-state index >= 15 is 0 Å². The summed E-state index contributed by atoms with van der Waals surface area (Å²) in [4.78, 5) is 16.9. The molecule has 1 aliphatic heterocycles. The van der Waals surface area contributed by atoms with Crippen LogP contribution in [0.3, 0.4) is 0 Å². The fraction of sp³-hybridized carbons (Fsp3) is 0.250. The van der Waals surface area contributed by atoms with Crippen LogP contribution in [0.2, 0.25) is 0 Å². The minimum Gasteiger partial charge on any atom is -0.322 e. The number of hydrogen-bond donors (Lipinski definition) is 1. The summed E-state index contributed by atoms with van der Waals surface area (Å²) in [5, 5.41) is 2.73. The predicted molar refractivity (Wildman–Crippen MR) is 44.7 cm³/mol. The third-order valence-corrected chi connectivity index (χ3v) is 1.87. The zero-order valence-electron chi connectivity index (χ0n) is 6.74. The Hall–Kier alpha value is -1.58. The molecule has 0 saturated heterocycles. The zero-order chi connectivity index (χ0) is 8.55. The quantitative estimate of drug-likeness (QED) is 0.621. The summed E-state index contributed by atoms with van der Waals surface area (Å²) in [5.74, 6) is 0. The molecule has 2 amide bonds. The Bertz CT molecular complexity index is 324. The van der Waals surface area contributed by atoms with Gasteiger partial charge in [-0.05, 0) is 12.1 Å². The molecular formula is C8H9N3O. The number of nitrogens with one attached hydrogen (secondary N) is 1. The number of urea groups is 1. The van der Waals surface area contributed by atoms with Gasteiger partial charge in [-0.1, -0.05) is 0 Å². The third kappa shape index (κ3) is 1.01. The van der Waals surface area contributed by atoms with Gasteiger partial charge in [-0.25, -0.2) is 4.79 Å². The van der Waals surface area contributed by atoms with Gasteiger partial charge in [0.25, 0.3) is 0 Å². The van der Waals surface area contributed by atoms with Crippen LogP contribution in [-0.4, -0.2) is 23.0 Å². The second-order valence-corrected chi connectivity index (χ2v) is 2.78. The summed E-state index contributed by atoms with van der Waals surface area (Å²) in [6.07, 6.45) is 1.73. The van der Waals surface area contributed by atoms with Crippen LogP contribution in [0.25, 0.3) is 0 Å². The van der Waals surface area contributed by atoms with Crippen molar-refractivity contribution in [1.29, 1.82) is 0 Å². The molecule has 0 saturated carbocycles. The number of pyridine rings is 1. The second kappa shape index (κ2) is 2.48. The summed E-state index contributed by atoms with van der Waals surface area (Å²) in [7, 11) is 1.74. The fourth-order valence-electron chi connectivity index (χ4n) is 1.18. The largest absolute Gasteiger partial charge is 0.322 e. The molecule has 0 unspecified atom stereocenters. The smallest absolute Gasteiger partial charge is 0.321 e. The lowest BCUT2D eigenvalue weighted by atomic mass is 10.2. The van der Waals surface area contributed by atoms with Crippen LogP contribution in [0.4, 0.5) is 10.5 Å². The van der Waals surface area contributed by atoms with E-state index in [1.807, 2.05) is 12.1 Å². The molecular weight excluding hydrogens is 154 g/mol. The van der Waals surface area contributed by atoms with Gasteiger partial charge >= 0.3 is 6.03 Å². The number of carbonyl (C=O) groups excluding carboxylic acids is 1. The molecule has 2 heterocycles. The van der Waals surface area contributed by atoms with Crippen molar-refractivity contribution in [2.45, 2.75) is 6.54 Å². The number of rotatable bonds is 0. The molecule has 0 atom stereocenters. The van der Waals surface area contributed by atoms with E-state index in [1.165, 1.54) is 0 Å². The first kappa shape index (κ1) is 7.09. The molecule has 1 aromatic rings. The molecule has 62 valence electrons. The van der Waals surface area contributed by atoms with Gasteiger partial charge in [-0.3, -0.25) is 4.98 Å². The Morgan fingerprint density at radius 2 is 2.50 bits per heavy atom. The van der Waals surface area contributed by atoms with E-state index in [0.717, 1.165) is 11.4 Å². The maximum Gasteiger partial charge on any atom is 0.321 e. The number of carbonyl (C=O) groups is 1. The Balaban J connectivity index is 2.40. The van der Waals surface area contributed by atoms with E-state index in [0.29, 0.717) is 6.54 Å². The molecule has 0 fully saturated rings. The van der Waals surface area contributed by atoms with Gasteiger partial charge in [0.1, 0.15) is 0 Å². The number of fused-ring (bicyclic) bond motifs is 1. The van der Waals surface area contributed by atoms with E-state index in [4.69, 9.17) is 0 Å². The summed E-state index contributed by atoms with van der Waals surface area (Å²) < 4.78 is 0. The highest BCUT2D eigenvalue weighted by atomic mass is 16.2. The van der Waals surface area contributed by atoms with Gasteiger partial charge < -0.3 is 10.2 Å². The van der Waals surface area contributed by atoms with Gasteiger partial charge in [0.15, 0.2) is 0 Å². The number of nitrogens with zero attached hydrogens (tertiary/aromatic N) is 2. The Labute approximate surface area is 70.2 Å². The Morgan fingerprint density at radius 3 is 3.33 bits per heavy atom. The van der Waals surface area contributed by atoms with E-state index in [1.54, 1.807) is 18.1 Å². The SMILES string of the molecule is CN1Cc2ncccc2NC1=O. The summed E-state index contributed by atoms with van der Waals surface area (Å²) >= 11 is 0. The maximum atomic E-state index is 11.1. The minimum absolute atomic E-state index is 0.0736. The summed E-state index contributed by atoms with van der Waals surface area (Å²) in [6.45, 7) is 0.585. The van der Waals surface area contributed by atoms with Crippen molar-refractivity contribution < 1.29 is 4.79 Å². The number of aromatic nitrogens is 1. The molecule has 2 rings (SSSR count). The molecule has 1 N–H and O–H groups in total. The molecule has 4 nitrogen and oxygen atoms in total. The number of hydrogen-bond acceptors (Lipinski definition) is 2. The highest BCUT2D eigenvalue weighted by molar-refractivity contribution is 5.91. The van der Waals surface area contributed by atoms with Crippen molar-refractivity contribution in [3.8, 4) is 0 Å². The molecule has 0 radical (unpaired) electrons. The van der Waals surface area contributed by atoms with Crippen LogP contribution in [0.1, 0.15) is 5.69 Å². The lowest BCUT2D eigenvalue weighted by molar-refractivity contribution is 0.218. The molecule has 1 aliphatic rings. The van der Waals surface area contributed by atoms with E-state index in [2.05, 4.69) is 10.3 Å². The van der Waals surface area contributed by atoms with Gasteiger partial charge in [-0.2, -0.15) is 0 Å². The highest BCUT2D eigenvalue weighted by Crippen LogP contribution is 2.18. The van der Waals surface area contributed by atoms with Crippen LogP contribution >= 0.6 is 0 Å². The monoisotopic (exact) mass is 163 g/mol. The minimum atomic E-state index is -0.0736. The molecule has 4 heteroatoms. The van der Waals surface area contributed by atoms with Gasteiger partial charge in [0.05, 0.1) is 17.9 Å². The van der Waals surface area contributed by atoms with Gasteiger partial charge in [0.2, 0.25) is 0 Å². The predicted octanol–water partition coefficient (Wildman–Crippen LogP) is 1.06. The van der Waals surface area contributed by atoms with Gasteiger partial charge in [-0.15, -0.1) is 0 Å². The van der Waals surface area contributed by atoms with Crippen LogP contribution in [0.15, 0.2) is 18.3 Å². The zero-order valence-corrected chi connectivity index (χ0v) is 6.74. The van der Waals surface area contributed by atoms with Crippen LogP contribution in [0, 0.1) is 0 Å². The van der Waals surface area contributed by atoms with Gasteiger partial charge in [0, 0.05) is 13.2 Å². The van der Waals surface area contributed by atoms with E-state index < -0.39 is 0 Å². The van der Waals surface area contributed by atoms with Crippen molar-refractivity contribution in [2.75, 3.05) is 12.4 Å². The molecule has 0 aromatic carbocycles. The molecule has 0 aliphatic carbocycles.